The molecule has 0 spiro atoms. The highest BCUT2D eigenvalue weighted by Gasteiger charge is 2.25. The van der Waals surface area contributed by atoms with Gasteiger partial charge in [-0.1, -0.05) is 55.2 Å². The Labute approximate surface area is 199 Å². The van der Waals surface area contributed by atoms with E-state index in [9.17, 15) is 8.42 Å². The van der Waals surface area contributed by atoms with E-state index < -0.39 is 15.3 Å². The van der Waals surface area contributed by atoms with Gasteiger partial charge in [-0.25, -0.2) is 18.5 Å². The fourth-order valence-electron chi connectivity index (χ4n) is 3.63. The number of hydrogen-bond acceptors (Lipinski definition) is 5. The van der Waals surface area contributed by atoms with E-state index >= 15 is 0 Å². The van der Waals surface area contributed by atoms with Crippen molar-refractivity contribution in [3.05, 3.63) is 63.8 Å². The number of rotatable bonds is 9. The molecule has 9 heteroatoms. The summed E-state index contributed by atoms with van der Waals surface area (Å²) in [7, 11) is -3.64. The van der Waals surface area contributed by atoms with Crippen molar-refractivity contribution in [1.29, 1.82) is 0 Å². The molecule has 0 radical (unpaired) electrons. The summed E-state index contributed by atoms with van der Waals surface area (Å²) in [5, 5.41) is 10.2. The maximum Gasteiger partial charge on any atom is 0.212 e. The number of benzene rings is 2. The predicted octanol–water partition coefficient (Wildman–Crippen LogP) is 5.54. The first-order valence-corrected chi connectivity index (χ1v) is 12.7. The molecule has 3 aromatic rings. The number of para-hydroxylation sites is 1. The number of ether oxygens (including phenoxy) is 1. The summed E-state index contributed by atoms with van der Waals surface area (Å²) in [6, 6.07) is 13.0. The van der Waals surface area contributed by atoms with Gasteiger partial charge in [-0.3, -0.25) is 0 Å². The number of aromatic nitrogens is 1. The molecule has 1 heterocycles. The van der Waals surface area contributed by atoms with Gasteiger partial charge in [-0.2, -0.15) is 0 Å². The molecular weight excluding hydrogens is 469 g/mol. The molecular formula is C23H27Cl2N3O3S. The van der Waals surface area contributed by atoms with Crippen LogP contribution in [0.1, 0.15) is 31.5 Å². The first-order chi connectivity index (χ1) is 15.1. The predicted molar refractivity (Wildman–Crippen MR) is 132 cm³/mol. The zero-order valence-corrected chi connectivity index (χ0v) is 20.6. The molecule has 0 saturated carbocycles. The van der Waals surface area contributed by atoms with Gasteiger partial charge in [-0.15, -0.1) is 0 Å². The average molecular weight is 496 g/mol. The molecule has 0 fully saturated rings. The van der Waals surface area contributed by atoms with Crippen LogP contribution in [-0.4, -0.2) is 25.3 Å². The summed E-state index contributed by atoms with van der Waals surface area (Å²) in [5.74, 6) is 0.493. The molecule has 0 amide bonds. The average Bonchev–Trinajstić information content (AvgIpc) is 2.69. The summed E-state index contributed by atoms with van der Waals surface area (Å²) < 4.78 is 29.6. The van der Waals surface area contributed by atoms with Gasteiger partial charge in [0.15, 0.2) is 0 Å². The molecule has 0 aliphatic rings. The van der Waals surface area contributed by atoms with E-state index in [-0.39, 0.29) is 12.5 Å². The number of nitrogens with two attached hydrogens (primary N) is 1. The zero-order chi connectivity index (χ0) is 23.5. The molecule has 0 aliphatic heterocycles. The number of anilines is 1. The Balaban J connectivity index is 1.82. The fourth-order valence-corrected chi connectivity index (χ4v) is 5.29. The van der Waals surface area contributed by atoms with Crippen molar-refractivity contribution in [2.24, 2.45) is 11.1 Å². The van der Waals surface area contributed by atoms with Gasteiger partial charge in [0.1, 0.15) is 11.3 Å². The second kappa shape index (κ2) is 10.3. The van der Waals surface area contributed by atoms with Gasteiger partial charge in [0.2, 0.25) is 10.0 Å². The highest BCUT2D eigenvalue weighted by Crippen LogP contribution is 2.31. The molecule has 2 aromatic carbocycles. The second-order valence-electron chi connectivity index (χ2n) is 8.06. The molecule has 1 atom stereocenters. The molecule has 0 saturated heterocycles. The standard InChI is InChI=1S/C23H27Cl2N3O3S/c1-14(2)22(32(26,29)30)9-10-31-21-6-4-5-18-20(11-15(3)28-23(18)21)27-13-16-7-8-17(24)12-19(16)25/h4-8,11-12,14,22H,9-10,13H2,1-3H3,(H,27,28)(H2,26,29,30). The van der Waals surface area contributed by atoms with Crippen LogP contribution >= 0.6 is 23.2 Å². The minimum atomic E-state index is -3.64. The van der Waals surface area contributed by atoms with Crippen molar-refractivity contribution in [2.75, 3.05) is 11.9 Å². The largest absolute Gasteiger partial charge is 0.491 e. The van der Waals surface area contributed by atoms with Crippen LogP contribution in [0.4, 0.5) is 5.69 Å². The van der Waals surface area contributed by atoms with Gasteiger partial charge in [-0.05, 0) is 49.1 Å². The Morgan fingerprint density at radius 3 is 2.56 bits per heavy atom. The van der Waals surface area contributed by atoms with Crippen LogP contribution in [0.25, 0.3) is 10.9 Å². The fraction of sp³-hybridized carbons (Fsp3) is 0.348. The van der Waals surface area contributed by atoms with Crippen LogP contribution in [0.15, 0.2) is 42.5 Å². The number of sulfonamides is 1. The third-order valence-electron chi connectivity index (χ3n) is 5.24. The Morgan fingerprint density at radius 2 is 1.91 bits per heavy atom. The van der Waals surface area contributed by atoms with Crippen molar-refractivity contribution in [2.45, 2.75) is 39.0 Å². The number of hydrogen-bond donors (Lipinski definition) is 2. The minimum Gasteiger partial charge on any atom is -0.491 e. The lowest BCUT2D eigenvalue weighted by molar-refractivity contribution is 0.300. The van der Waals surface area contributed by atoms with Gasteiger partial charge < -0.3 is 10.1 Å². The van der Waals surface area contributed by atoms with Gasteiger partial charge in [0.25, 0.3) is 0 Å². The van der Waals surface area contributed by atoms with Gasteiger partial charge in [0.05, 0.1) is 11.9 Å². The molecule has 0 aliphatic carbocycles. The zero-order valence-electron chi connectivity index (χ0n) is 18.2. The highest BCUT2D eigenvalue weighted by atomic mass is 35.5. The van der Waals surface area contributed by atoms with E-state index in [1.807, 2.05) is 51.1 Å². The minimum absolute atomic E-state index is 0.100. The lowest BCUT2D eigenvalue weighted by Crippen LogP contribution is -2.34. The summed E-state index contributed by atoms with van der Waals surface area (Å²) in [4.78, 5) is 4.65. The number of halogens is 2. The maximum absolute atomic E-state index is 11.8. The molecule has 3 rings (SSSR count). The number of aryl methyl sites for hydroxylation is 1. The normalized spacial score (nSPS) is 12.8. The molecule has 1 aromatic heterocycles. The third-order valence-corrected chi connectivity index (χ3v) is 7.45. The van der Waals surface area contributed by atoms with Crippen LogP contribution < -0.4 is 15.2 Å². The highest BCUT2D eigenvalue weighted by molar-refractivity contribution is 7.89. The van der Waals surface area contributed by atoms with Gasteiger partial charge in [0, 0.05) is 33.4 Å². The second-order valence-corrected chi connectivity index (χ2v) is 10.7. The Kier molecular flexibility index (Phi) is 7.88. The molecule has 0 bridgehead atoms. The van der Waals surface area contributed by atoms with Crippen LogP contribution in [0.2, 0.25) is 10.0 Å². The number of pyridine rings is 1. The monoisotopic (exact) mass is 495 g/mol. The molecule has 32 heavy (non-hydrogen) atoms. The topological polar surface area (TPSA) is 94.3 Å². The maximum atomic E-state index is 11.8. The molecule has 6 nitrogen and oxygen atoms in total. The Hall–Kier alpha value is -2.06. The first-order valence-electron chi connectivity index (χ1n) is 10.3. The van der Waals surface area contributed by atoms with E-state index in [2.05, 4.69) is 10.3 Å². The first kappa shape index (κ1) is 24.6. The smallest absolute Gasteiger partial charge is 0.212 e. The number of nitrogens with zero attached hydrogens (tertiary/aromatic N) is 1. The summed E-state index contributed by atoms with van der Waals surface area (Å²) in [6.45, 7) is 6.32. The molecule has 172 valence electrons. The van der Waals surface area contributed by atoms with E-state index in [1.54, 1.807) is 12.1 Å². The number of fused-ring (bicyclic) bond motifs is 1. The molecule has 3 N–H and O–H groups in total. The van der Waals surface area contributed by atoms with E-state index in [0.717, 1.165) is 22.3 Å². The van der Waals surface area contributed by atoms with Crippen LogP contribution in [0.3, 0.4) is 0 Å². The van der Waals surface area contributed by atoms with Crippen molar-refractivity contribution in [3.8, 4) is 5.75 Å². The van der Waals surface area contributed by atoms with Gasteiger partial charge >= 0.3 is 0 Å². The van der Waals surface area contributed by atoms with Crippen LogP contribution in [0.5, 0.6) is 5.75 Å². The van der Waals surface area contributed by atoms with Crippen molar-refractivity contribution >= 4 is 49.8 Å². The number of primary sulfonamides is 1. The van der Waals surface area contributed by atoms with Crippen LogP contribution in [-0.2, 0) is 16.6 Å². The Bertz CT molecular complexity index is 1220. The van der Waals surface area contributed by atoms with E-state index in [0.29, 0.717) is 34.3 Å². The summed E-state index contributed by atoms with van der Waals surface area (Å²) >= 11 is 12.3. The third kappa shape index (κ3) is 6.04. The lowest BCUT2D eigenvalue weighted by atomic mass is 10.1. The lowest BCUT2D eigenvalue weighted by Gasteiger charge is -2.19. The summed E-state index contributed by atoms with van der Waals surface area (Å²) in [5.41, 5.74) is 3.35. The SMILES string of the molecule is Cc1cc(NCc2ccc(Cl)cc2Cl)c2cccc(OCCC(C(C)C)S(N)(=O)=O)c2n1. The van der Waals surface area contributed by atoms with Crippen molar-refractivity contribution in [1.82, 2.24) is 4.98 Å². The Morgan fingerprint density at radius 1 is 1.16 bits per heavy atom. The van der Waals surface area contributed by atoms with Crippen molar-refractivity contribution < 1.29 is 13.2 Å². The van der Waals surface area contributed by atoms with Crippen LogP contribution in [0, 0.1) is 12.8 Å². The quantitative estimate of drug-likeness (QED) is 0.406. The summed E-state index contributed by atoms with van der Waals surface area (Å²) in [6.07, 6.45) is 0.304. The molecule has 1 unspecified atom stereocenters. The van der Waals surface area contributed by atoms with E-state index in [1.165, 1.54) is 0 Å². The van der Waals surface area contributed by atoms with E-state index in [4.69, 9.17) is 33.1 Å². The number of nitrogens with one attached hydrogen (secondary N) is 1. The van der Waals surface area contributed by atoms with Crippen molar-refractivity contribution in [3.63, 3.8) is 0 Å².